The SMILES string of the molecule is NC1=C(O)C=CC(=S(=O)=O)C1. The lowest BCUT2D eigenvalue weighted by Gasteiger charge is -2.05. The molecule has 0 aromatic heterocycles. The minimum atomic E-state index is -2.23. The number of hydrogen-bond donors (Lipinski definition) is 2. The van der Waals surface area contributed by atoms with E-state index >= 15 is 0 Å². The Kier molecular flexibility index (Phi) is 2.00. The predicted octanol–water partition coefficient (Wildman–Crippen LogP) is -0.274. The molecule has 0 unspecified atom stereocenters. The lowest BCUT2D eigenvalue weighted by Crippen LogP contribution is -2.11. The Labute approximate surface area is 65.2 Å². The summed E-state index contributed by atoms with van der Waals surface area (Å²) in [4.78, 5) is 0.195. The number of nitrogens with two attached hydrogens (primary N) is 1. The maximum Gasteiger partial charge on any atom is 0.217 e. The number of allylic oxidation sites excluding steroid dienone is 3. The van der Waals surface area contributed by atoms with Crippen LogP contribution in [0.25, 0.3) is 0 Å². The molecule has 1 aliphatic rings. The molecule has 0 aromatic rings. The Morgan fingerprint density at radius 1 is 1.45 bits per heavy atom. The molecule has 5 heteroatoms. The minimum absolute atomic E-state index is 0.0563. The molecule has 0 saturated carbocycles. The van der Waals surface area contributed by atoms with Gasteiger partial charge in [0.1, 0.15) is 5.76 Å². The van der Waals surface area contributed by atoms with Gasteiger partial charge in [-0.15, -0.1) is 0 Å². The number of aliphatic hydroxyl groups is 1. The van der Waals surface area contributed by atoms with Gasteiger partial charge in [-0.3, -0.25) is 0 Å². The van der Waals surface area contributed by atoms with E-state index in [0.29, 0.717) is 0 Å². The van der Waals surface area contributed by atoms with E-state index in [2.05, 4.69) is 0 Å². The average molecular weight is 173 g/mol. The number of rotatable bonds is 0. The van der Waals surface area contributed by atoms with E-state index in [1.54, 1.807) is 0 Å². The number of aliphatic hydroxyl groups excluding tert-OH is 1. The highest BCUT2D eigenvalue weighted by Crippen LogP contribution is 2.09. The molecule has 3 N–H and O–H groups in total. The van der Waals surface area contributed by atoms with Crippen molar-refractivity contribution in [3.8, 4) is 0 Å². The Morgan fingerprint density at radius 2 is 2.09 bits per heavy atom. The Balaban J connectivity index is 3.11. The van der Waals surface area contributed by atoms with E-state index in [9.17, 15) is 8.42 Å². The third kappa shape index (κ3) is 1.62. The second-order valence-electron chi connectivity index (χ2n) is 2.12. The average Bonchev–Trinajstić information content (AvgIpc) is 1.94. The molecule has 4 nitrogen and oxygen atoms in total. The van der Waals surface area contributed by atoms with E-state index in [1.807, 2.05) is 0 Å². The lowest BCUT2D eigenvalue weighted by atomic mass is 10.1. The molecular formula is C6H7NO3S. The van der Waals surface area contributed by atoms with Crippen molar-refractivity contribution in [2.45, 2.75) is 6.42 Å². The van der Waals surface area contributed by atoms with Gasteiger partial charge in [0.15, 0.2) is 0 Å². The van der Waals surface area contributed by atoms with Gasteiger partial charge in [-0.25, -0.2) is 0 Å². The van der Waals surface area contributed by atoms with E-state index in [4.69, 9.17) is 10.8 Å². The summed E-state index contributed by atoms with van der Waals surface area (Å²) in [5.74, 6) is -0.0563. The van der Waals surface area contributed by atoms with Gasteiger partial charge in [0, 0.05) is 6.42 Å². The van der Waals surface area contributed by atoms with Crippen LogP contribution in [0.3, 0.4) is 0 Å². The Morgan fingerprint density at radius 3 is 2.55 bits per heavy atom. The fourth-order valence-corrected chi connectivity index (χ4v) is 1.18. The van der Waals surface area contributed by atoms with Gasteiger partial charge in [0.05, 0.1) is 10.6 Å². The highest BCUT2D eigenvalue weighted by molar-refractivity contribution is 7.73. The molecule has 11 heavy (non-hydrogen) atoms. The van der Waals surface area contributed by atoms with Crippen LogP contribution in [0.1, 0.15) is 6.42 Å². The predicted molar refractivity (Wildman–Crippen MR) is 41.5 cm³/mol. The standard InChI is InChI=1S/C6H7NO3S/c7-5-3-4(11(9)10)1-2-6(5)8/h1-2,8H,3,7H2. The second kappa shape index (κ2) is 2.79. The van der Waals surface area contributed by atoms with Crippen molar-refractivity contribution in [3.05, 3.63) is 23.6 Å². The van der Waals surface area contributed by atoms with Crippen LogP contribution in [0.15, 0.2) is 23.6 Å². The molecule has 0 heterocycles. The van der Waals surface area contributed by atoms with Gasteiger partial charge in [0.25, 0.3) is 0 Å². The summed E-state index contributed by atoms with van der Waals surface area (Å²) in [6.07, 6.45) is 2.69. The molecule has 60 valence electrons. The van der Waals surface area contributed by atoms with Crippen molar-refractivity contribution < 1.29 is 13.5 Å². The Bertz CT molecular complexity index is 353. The van der Waals surface area contributed by atoms with Crippen LogP contribution in [-0.2, 0) is 10.3 Å². The molecular weight excluding hydrogens is 166 g/mol. The summed E-state index contributed by atoms with van der Waals surface area (Å²) in [6.45, 7) is 0. The van der Waals surface area contributed by atoms with Crippen molar-refractivity contribution in [1.29, 1.82) is 0 Å². The summed E-state index contributed by atoms with van der Waals surface area (Å²) >= 11 is 0. The molecule has 0 fully saturated rings. The van der Waals surface area contributed by atoms with Crippen LogP contribution < -0.4 is 5.73 Å². The van der Waals surface area contributed by atoms with Crippen molar-refractivity contribution >= 4 is 15.2 Å². The Hall–Kier alpha value is -1.23. The summed E-state index contributed by atoms with van der Waals surface area (Å²) in [6, 6.07) is 0. The molecule has 0 radical (unpaired) electrons. The van der Waals surface area contributed by atoms with Gasteiger partial charge in [-0.05, 0) is 12.2 Å². The van der Waals surface area contributed by atoms with Gasteiger partial charge in [0.2, 0.25) is 10.3 Å². The van der Waals surface area contributed by atoms with Gasteiger partial charge >= 0.3 is 0 Å². The van der Waals surface area contributed by atoms with Crippen LogP contribution in [0, 0.1) is 0 Å². The zero-order valence-corrected chi connectivity index (χ0v) is 6.43. The fraction of sp³-hybridized carbons (Fsp3) is 0.167. The summed E-state index contributed by atoms with van der Waals surface area (Å²) in [7, 11) is -2.23. The van der Waals surface area contributed by atoms with E-state index < -0.39 is 10.3 Å². The van der Waals surface area contributed by atoms with Gasteiger partial charge < -0.3 is 10.8 Å². The van der Waals surface area contributed by atoms with E-state index in [1.165, 1.54) is 12.2 Å². The molecule has 0 spiro atoms. The minimum Gasteiger partial charge on any atom is -0.506 e. The van der Waals surface area contributed by atoms with Crippen LogP contribution >= 0.6 is 0 Å². The molecule has 0 amide bonds. The van der Waals surface area contributed by atoms with Gasteiger partial charge in [-0.2, -0.15) is 8.42 Å². The largest absolute Gasteiger partial charge is 0.506 e. The van der Waals surface area contributed by atoms with Crippen molar-refractivity contribution in [2.24, 2.45) is 5.73 Å². The summed E-state index contributed by atoms with van der Waals surface area (Å²) in [5.41, 5.74) is 5.48. The van der Waals surface area contributed by atoms with E-state index in [0.717, 1.165) is 0 Å². The smallest absolute Gasteiger partial charge is 0.217 e. The zero-order valence-electron chi connectivity index (χ0n) is 5.61. The first-order chi connectivity index (χ1) is 5.11. The summed E-state index contributed by atoms with van der Waals surface area (Å²) < 4.78 is 20.7. The lowest BCUT2D eigenvalue weighted by molar-refractivity contribution is 0.423. The summed E-state index contributed by atoms with van der Waals surface area (Å²) in [5, 5.41) is 8.93. The molecule has 1 rings (SSSR count). The molecule has 0 saturated heterocycles. The molecule has 0 aliphatic heterocycles. The molecule has 0 bridgehead atoms. The maximum atomic E-state index is 10.4. The first-order valence-corrected chi connectivity index (χ1v) is 3.99. The molecule has 1 aliphatic carbocycles. The van der Waals surface area contributed by atoms with Crippen LogP contribution in [0.2, 0.25) is 0 Å². The van der Waals surface area contributed by atoms with Crippen LogP contribution in [-0.4, -0.2) is 18.4 Å². The molecule has 0 aromatic carbocycles. The third-order valence-electron chi connectivity index (χ3n) is 1.33. The van der Waals surface area contributed by atoms with Crippen molar-refractivity contribution in [3.63, 3.8) is 0 Å². The zero-order chi connectivity index (χ0) is 8.43. The topological polar surface area (TPSA) is 80.4 Å². The normalized spacial score (nSPS) is 17.3. The fourth-order valence-electron chi connectivity index (χ4n) is 0.731. The highest BCUT2D eigenvalue weighted by Gasteiger charge is 2.08. The van der Waals surface area contributed by atoms with E-state index in [-0.39, 0.29) is 22.7 Å². The maximum absolute atomic E-state index is 10.4. The van der Waals surface area contributed by atoms with Crippen LogP contribution in [0.4, 0.5) is 0 Å². The number of hydrogen-bond acceptors (Lipinski definition) is 4. The van der Waals surface area contributed by atoms with Crippen molar-refractivity contribution in [2.75, 3.05) is 0 Å². The van der Waals surface area contributed by atoms with Crippen LogP contribution in [0.5, 0.6) is 0 Å². The molecule has 0 atom stereocenters. The monoisotopic (exact) mass is 173 g/mol. The quantitative estimate of drug-likeness (QED) is 0.494. The highest BCUT2D eigenvalue weighted by atomic mass is 32.2. The first kappa shape index (κ1) is 7.87. The second-order valence-corrected chi connectivity index (χ2v) is 3.12. The third-order valence-corrected chi connectivity index (χ3v) is 2.04. The van der Waals surface area contributed by atoms with Crippen molar-refractivity contribution in [1.82, 2.24) is 0 Å². The van der Waals surface area contributed by atoms with Gasteiger partial charge in [-0.1, -0.05) is 0 Å². The first-order valence-electron chi connectivity index (χ1n) is 2.92.